The standard InChI is InChI=1S/C15H24N6O2/c1-2-5-15-17-14(19-23-15)8-16-12-6-3-4-7-13(12)21-9-11(10-22)18-20-21/h9,12-13,16,22H,2-8,10H2,1H3/t12-,13+/m0/s1. The Bertz CT molecular complexity index is 611. The van der Waals surface area contributed by atoms with Crippen LogP contribution in [-0.4, -0.2) is 36.3 Å². The zero-order chi connectivity index (χ0) is 16.1. The topological polar surface area (TPSA) is 102 Å². The van der Waals surface area contributed by atoms with E-state index in [1.54, 1.807) is 0 Å². The van der Waals surface area contributed by atoms with Crippen LogP contribution in [0.1, 0.15) is 62.5 Å². The van der Waals surface area contributed by atoms with Crippen LogP contribution in [0, 0.1) is 0 Å². The van der Waals surface area contributed by atoms with Gasteiger partial charge in [0.05, 0.1) is 25.4 Å². The maximum Gasteiger partial charge on any atom is 0.226 e. The number of aromatic nitrogens is 5. The summed E-state index contributed by atoms with van der Waals surface area (Å²) >= 11 is 0. The zero-order valence-corrected chi connectivity index (χ0v) is 13.5. The quantitative estimate of drug-likeness (QED) is 0.794. The van der Waals surface area contributed by atoms with E-state index in [0.29, 0.717) is 30.0 Å². The largest absolute Gasteiger partial charge is 0.390 e. The molecule has 0 radical (unpaired) electrons. The first-order valence-electron chi connectivity index (χ1n) is 8.36. The van der Waals surface area contributed by atoms with Crippen molar-refractivity contribution in [3.05, 3.63) is 23.6 Å². The van der Waals surface area contributed by atoms with Gasteiger partial charge in [-0.3, -0.25) is 0 Å². The van der Waals surface area contributed by atoms with Crippen LogP contribution in [-0.2, 0) is 19.6 Å². The average Bonchev–Trinajstić information content (AvgIpc) is 3.23. The predicted octanol–water partition coefficient (Wildman–Crippen LogP) is 1.38. The molecule has 0 spiro atoms. The van der Waals surface area contributed by atoms with Gasteiger partial charge in [-0.25, -0.2) is 4.68 Å². The third-order valence-electron chi connectivity index (χ3n) is 4.29. The maximum absolute atomic E-state index is 9.15. The summed E-state index contributed by atoms with van der Waals surface area (Å²) in [6.45, 7) is 2.61. The Hall–Kier alpha value is -1.80. The van der Waals surface area contributed by atoms with Crippen molar-refractivity contribution in [1.82, 2.24) is 30.5 Å². The molecule has 1 saturated carbocycles. The van der Waals surface area contributed by atoms with Gasteiger partial charge in [0.2, 0.25) is 5.89 Å². The van der Waals surface area contributed by atoms with E-state index in [2.05, 4.69) is 32.7 Å². The molecule has 8 nitrogen and oxygen atoms in total. The highest BCUT2D eigenvalue weighted by Crippen LogP contribution is 2.28. The van der Waals surface area contributed by atoms with Crippen molar-refractivity contribution in [1.29, 1.82) is 0 Å². The summed E-state index contributed by atoms with van der Waals surface area (Å²) in [4.78, 5) is 4.39. The van der Waals surface area contributed by atoms with Crippen LogP contribution in [0.15, 0.2) is 10.7 Å². The van der Waals surface area contributed by atoms with Crippen LogP contribution in [0.3, 0.4) is 0 Å². The third-order valence-corrected chi connectivity index (χ3v) is 4.29. The molecule has 1 fully saturated rings. The molecule has 0 unspecified atom stereocenters. The molecule has 2 aromatic heterocycles. The molecular weight excluding hydrogens is 296 g/mol. The lowest BCUT2D eigenvalue weighted by molar-refractivity contribution is 0.240. The van der Waals surface area contributed by atoms with E-state index in [4.69, 9.17) is 9.63 Å². The summed E-state index contributed by atoms with van der Waals surface area (Å²) < 4.78 is 7.09. The summed E-state index contributed by atoms with van der Waals surface area (Å²) in [6.07, 6.45) is 8.17. The molecule has 126 valence electrons. The molecule has 2 heterocycles. The molecule has 0 amide bonds. The van der Waals surface area contributed by atoms with E-state index >= 15 is 0 Å². The molecule has 1 aliphatic carbocycles. The lowest BCUT2D eigenvalue weighted by Gasteiger charge is -2.31. The molecule has 3 rings (SSSR count). The number of aryl methyl sites for hydroxylation is 1. The number of aliphatic hydroxyl groups excluding tert-OH is 1. The lowest BCUT2D eigenvalue weighted by atomic mass is 9.90. The van der Waals surface area contributed by atoms with Crippen molar-refractivity contribution in [2.45, 2.75) is 70.7 Å². The molecule has 0 aromatic carbocycles. The molecule has 0 bridgehead atoms. The van der Waals surface area contributed by atoms with E-state index < -0.39 is 0 Å². The van der Waals surface area contributed by atoms with Gasteiger partial charge in [0.1, 0.15) is 5.69 Å². The third kappa shape index (κ3) is 3.94. The van der Waals surface area contributed by atoms with E-state index in [0.717, 1.165) is 25.7 Å². The highest BCUT2D eigenvalue weighted by atomic mass is 16.5. The van der Waals surface area contributed by atoms with E-state index in [1.807, 2.05) is 10.9 Å². The van der Waals surface area contributed by atoms with Gasteiger partial charge in [0.15, 0.2) is 5.82 Å². The van der Waals surface area contributed by atoms with Gasteiger partial charge < -0.3 is 14.9 Å². The van der Waals surface area contributed by atoms with Gasteiger partial charge in [-0.05, 0) is 19.3 Å². The van der Waals surface area contributed by atoms with Crippen molar-refractivity contribution in [2.24, 2.45) is 0 Å². The first-order chi connectivity index (χ1) is 11.3. The molecule has 0 aliphatic heterocycles. The smallest absolute Gasteiger partial charge is 0.226 e. The van der Waals surface area contributed by atoms with Crippen molar-refractivity contribution >= 4 is 0 Å². The summed E-state index contributed by atoms with van der Waals surface area (Å²) in [5, 5.41) is 24.8. The second-order valence-corrected chi connectivity index (χ2v) is 6.04. The number of hydrogen-bond donors (Lipinski definition) is 2. The van der Waals surface area contributed by atoms with Gasteiger partial charge in [-0.15, -0.1) is 5.10 Å². The first-order valence-corrected chi connectivity index (χ1v) is 8.36. The van der Waals surface area contributed by atoms with Gasteiger partial charge in [0, 0.05) is 12.5 Å². The minimum Gasteiger partial charge on any atom is -0.390 e. The molecular formula is C15H24N6O2. The summed E-state index contributed by atoms with van der Waals surface area (Å²) in [5.41, 5.74) is 0.608. The monoisotopic (exact) mass is 320 g/mol. The van der Waals surface area contributed by atoms with Crippen molar-refractivity contribution in [3.8, 4) is 0 Å². The van der Waals surface area contributed by atoms with Crippen LogP contribution in [0.25, 0.3) is 0 Å². The zero-order valence-electron chi connectivity index (χ0n) is 13.5. The maximum atomic E-state index is 9.15. The lowest BCUT2D eigenvalue weighted by Crippen LogP contribution is -2.40. The number of nitrogens with zero attached hydrogens (tertiary/aromatic N) is 5. The number of rotatable bonds is 7. The Morgan fingerprint density at radius 2 is 2.26 bits per heavy atom. The Kier molecular flexibility index (Phi) is 5.35. The second-order valence-electron chi connectivity index (χ2n) is 6.04. The fourth-order valence-corrected chi connectivity index (χ4v) is 3.11. The van der Waals surface area contributed by atoms with Crippen LogP contribution in [0.4, 0.5) is 0 Å². The molecule has 2 aromatic rings. The average molecular weight is 320 g/mol. The van der Waals surface area contributed by atoms with Crippen LogP contribution < -0.4 is 5.32 Å². The van der Waals surface area contributed by atoms with Gasteiger partial charge in [0.25, 0.3) is 0 Å². The molecule has 23 heavy (non-hydrogen) atoms. The van der Waals surface area contributed by atoms with Crippen LogP contribution >= 0.6 is 0 Å². The van der Waals surface area contributed by atoms with Gasteiger partial charge >= 0.3 is 0 Å². The summed E-state index contributed by atoms with van der Waals surface area (Å²) in [6, 6.07) is 0.545. The fourth-order valence-electron chi connectivity index (χ4n) is 3.11. The molecule has 0 saturated heterocycles. The fraction of sp³-hybridized carbons (Fsp3) is 0.733. The predicted molar refractivity (Wildman–Crippen MR) is 82.4 cm³/mol. The van der Waals surface area contributed by atoms with E-state index in [-0.39, 0.29) is 12.6 Å². The van der Waals surface area contributed by atoms with Crippen molar-refractivity contribution in [2.75, 3.05) is 0 Å². The number of nitrogens with one attached hydrogen (secondary N) is 1. The SMILES string of the molecule is CCCc1nc(CN[C@H]2CCCC[C@H]2n2cc(CO)nn2)no1. The normalized spacial score (nSPS) is 21.7. The number of hydrogen-bond acceptors (Lipinski definition) is 7. The molecule has 2 N–H and O–H groups in total. The van der Waals surface area contributed by atoms with Crippen LogP contribution in [0.2, 0.25) is 0 Å². The molecule has 8 heteroatoms. The van der Waals surface area contributed by atoms with Gasteiger partial charge in [-0.1, -0.05) is 30.1 Å². The molecule has 2 atom stereocenters. The highest BCUT2D eigenvalue weighted by molar-refractivity contribution is 4.95. The summed E-state index contributed by atoms with van der Waals surface area (Å²) in [5.74, 6) is 1.40. The van der Waals surface area contributed by atoms with Crippen LogP contribution in [0.5, 0.6) is 0 Å². The van der Waals surface area contributed by atoms with Crippen molar-refractivity contribution in [3.63, 3.8) is 0 Å². The highest BCUT2D eigenvalue weighted by Gasteiger charge is 2.27. The Labute approximate surface area is 135 Å². The Balaban J connectivity index is 1.61. The molecule has 1 aliphatic rings. The number of aliphatic hydroxyl groups is 1. The Morgan fingerprint density at radius 3 is 3.04 bits per heavy atom. The minimum atomic E-state index is -0.0755. The summed E-state index contributed by atoms with van der Waals surface area (Å²) in [7, 11) is 0. The first kappa shape index (κ1) is 16.1. The van der Waals surface area contributed by atoms with E-state index in [1.165, 1.54) is 12.8 Å². The van der Waals surface area contributed by atoms with Crippen molar-refractivity contribution < 1.29 is 9.63 Å². The minimum absolute atomic E-state index is 0.0755. The van der Waals surface area contributed by atoms with E-state index in [9.17, 15) is 0 Å². The van der Waals surface area contributed by atoms with Gasteiger partial charge in [-0.2, -0.15) is 4.98 Å². The second kappa shape index (κ2) is 7.65. The Morgan fingerprint density at radius 1 is 1.39 bits per heavy atom.